The van der Waals surface area contributed by atoms with Gasteiger partial charge in [0.05, 0.1) is 25.8 Å². The molecule has 0 saturated heterocycles. The van der Waals surface area contributed by atoms with Gasteiger partial charge in [-0.15, -0.1) is 0 Å². The van der Waals surface area contributed by atoms with Crippen LogP contribution in [0.1, 0.15) is 111 Å². The molecule has 1 aliphatic rings. The number of hydrogen-bond donors (Lipinski definition) is 1. The molecular weight excluding hydrogens is 370 g/mol. The van der Waals surface area contributed by atoms with Gasteiger partial charge in [0.15, 0.2) is 6.17 Å². The van der Waals surface area contributed by atoms with Gasteiger partial charge >= 0.3 is 0 Å². The maximum Gasteiger partial charge on any atom is 0.217 e. The van der Waals surface area contributed by atoms with Gasteiger partial charge < -0.3 is 5.32 Å². The maximum absolute atomic E-state index is 11.2. The first-order chi connectivity index (χ1) is 14.6. The van der Waals surface area contributed by atoms with Crippen LogP contribution in [0.25, 0.3) is 0 Å². The molecule has 0 fully saturated rings. The van der Waals surface area contributed by atoms with Crippen LogP contribution in [0.4, 0.5) is 0 Å². The first-order valence-corrected chi connectivity index (χ1v) is 12.9. The standard InChI is InChI=1S/C26H49N3O/c1-4-6-7-8-9-10-11-12-13-14-15-16-17-18-19-20-26-28-22-24-29(26,5-2)23-21-27-25(3)30/h16-17,22,26H,4-15,18-21,23-24H2,1-3H3/p+1/b17-16+. The van der Waals surface area contributed by atoms with Gasteiger partial charge in [-0.05, 0) is 32.6 Å². The van der Waals surface area contributed by atoms with Crippen molar-refractivity contribution in [3.8, 4) is 0 Å². The van der Waals surface area contributed by atoms with E-state index in [0.29, 0.717) is 6.17 Å². The predicted octanol–water partition coefficient (Wildman–Crippen LogP) is 6.41. The van der Waals surface area contributed by atoms with Crippen molar-refractivity contribution in [2.24, 2.45) is 4.99 Å². The van der Waals surface area contributed by atoms with Crippen LogP contribution in [0.5, 0.6) is 0 Å². The molecule has 2 unspecified atom stereocenters. The summed E-state index contributed by atoms with van der Waals surface area (Å²) in [5, 5.41) is 2.95. The number of likely N-dealkylation sites (N-methyl/N-ethyl adjacent to an activating group) is 1. The summed E-state index contributed by atoms with van der Waals surface area (Å²) < 4.78 is 1.00. The minimum Gasteiger partial charge on any atom is -0.351 e. The van der Waals surface area contributed by atoms with Crippen molar-refractivity contribution in [2.45, 2.75) is 117 Å². The largest absolute Gasteiger partial charge is 0.351 e. The van der Waals surface area contributed by atoms with Gasteiger partial charge in [-0.2, -0.15) is 0 Å². The topological polar surface area (TPSA) is 41.5 Å². The highest BCUT2D eigenvalue weighted by atomic mass is 16.1. The van der Waals surface area contributed by atoms with E-state index in [1.807, 2.05) is 0 Å². The number of allylic oxidation sites excluding steroid dienone is 2. The second kappa shape index (κ2) is 17.5. The SMILES string of the molecule is CCCCCCCCCCCC/C=C/CCCC1N=CC[N+]1(CC)CCNC(C)=O. The summed E-state index contributed by atoms with van der Waals surface area (Å²) in [4.78, 5) is 15.9. The number of carbonyl (C=O) groups excluding carboxylic acids is 1. The minimum atomic E-state index is 0.0634. The first-order valence-electron chi connectivity index (χ1n) is 12.9. The zero-order valence-electron chi connectivity index (χ0n) is 20.3. The summed E-state index contributed by atoms with van der Waals surface area (Å²) in [7, 11) is 0. The Labute approximate surface area is 187 Å². The molecule has 4 nitrogen and oxygen atoms in total. The minimum absolute atomic E-state index is 0.0634. The molecule has 1 heterocycles. The van der Waals surface area contributed by atoms with Crippen LogP contribution in [-0.2, 0) is 4.79 Å². The van der Waals surface area contributed by atoms with E-state index in [2.05, 4.69) is 37.5 Å². The Balaban J connectivity index is 2.03. The molecule has 30 heavy (non-hydrogen) atoms. The molecule has 4 heteroatoms. The molecule has 2 atom stereocenters. The Morgan fingerprint density at radius 3 is 2.17 bits per heavy atom. The van der Waals surface area contributed by atoms with Crippen LogP contribution in [0.3, 0.4) is 0 Å². The lowest BCUT2D eigenvalue weighted by Crippen LogP contribution is -2.55. The van der Waals surface area contributed by atoms with Crippen LogP contribution >= 0.6 is 0 Å². The summed E-state index contributed by atoms with van der Waals surface area (Å²) in [5.41, 5.74) is 0. The van der Waals surface area contributed by atoms with E-state index in [1.165, 1.54) is 83.5 Å². The van der Waals surface area contributed by atoms with Crippen molar-refractivity contribution in [3.63, 3.8) is 0 Å². The molecule has 0 aromatic carbocycles. The molecule has 0 spiro atoms. The van der Waals surface area contributed by atoms with Gasteiger partial charge in [-0.25, -0.2) is 4.99 Å². The Morgan fingerprint density at radius 1 is 0.967 bits per heavy atom. The van der Waals surface area contributed by atoms with Gasteiger partial charge in [0.1, 0.15) is 6.54 Å². The summed E-state index contributed by atoms with van der Waals surface area (Å²) in [6.07, 6.45) is 26.1. The third-order valence-electron chi connectivity index (χ3n) is 6.64. The number of rotatable bonds is 19. The fourth-order valence-corrected chi connectivity index (χ4v) is 4.54. The van der Waals surface area contributed by atoms with Crippen molar-refractivity contribution in [3.05, 3.63) is 12.2 Å². The van der Waals surface area contributed by atoms with Crippen LogP contribution in [0, 0.1) is 0 Å². The molecule has 1 rings (SSSR count). The van der Waals surface area contributed by atoms with E-state index in [1.54, 1.807) is 6.92 Å². The highest BCUT2D eigenvalue weighted by Gasteiger charge is 2.37. The molecular formula is C26H50N3O+. The number of quaternary nitrogens is 1. The van der Waals surface area contributed by atoms with E-state index in [0.717, 1.165) is 37.1 Å². The van der Waals surface area contributed by atoms with Crippen LogP contribution < -0.4 is 5.32 Å². The maximum atomic E-state index is 11.2. The Hall–Kier alpha value is -1.16. The number of carbonyl (C=O) groups is 1. The van der Waals surface area contributed by atoms with Gasteiger partial charge in [0.2, 0.25) is 5.91 Å². The monoisotopic (exact) mass is 420 g/mol. The third kappa shape index (κ3) is 11.9. The van der Waals surface area contributed by atoms with Crippen molar-refractivity contribution in [2.75, 3.05) is 26.2 Å². The number of amides is 1. The number of hydrogen-bond acceptors (Lipinski definition) is 2. The zero-order chi connectivity index (χ0) is 21.9. The number of nitrogens with zero attached hydrogens (tertiary/aromatic N) is 2. The Bertz CT molecular complexity index is 489. The van der Waals surface area contributed by atoms with E-state index in [-0.39, 0.29) is 5.91 Å². The normalized spacial score (nSPS) is 21.0. The highest BCUT2D eigenvalue weighted by Crippen LogP contribution is 2.23. The average molecular weight is 421 g/mol. The lowest BCUT2D eigenvalue weighted by Gasteiger charge is -2.38. The Morgan fingerprint density at radius 2 is 1.57 bits per heavy atom. The fraction of sp³-hybridized carbons (Fsp3) is 0.846. The number of aliphatic imine (C=N–C) groups is 1. The summed E-state index contributed by atoms with van der Waals surface area (Å²) in [6, 6.07) is 0. The van der Waals surface area contributed by atoms with Gasteiger partial charge in [0.25, 0.3) is 0 Å². The molecule has 0 aliphatic carbocycles. The van der Waals surface area contributed by atoms with Crippen molar-refractivity contribution < 1.29 is 9.28 Å². The first kappa shape index (κ1) is 26.9. The van der Waals surface area contributed by atoms with Crippen molar-refractivity contribution in [1.82, 2.24) is 5.32 Å². The van der Waals surface area contributed by atoms with Crippen molar-refractivity contribution in [1.29, 1.82) is 0 Å². The van der Waals surface area contributed by atoms with E-state index in [9.17, 15) is 4.79 Å². The number of nitrogens with one attached hydrogen (secondary N) is 1. The summed E-state index contributed by atoms with van der Waals surface area (Å²) in [6.45, 7) is 9.95. The lowest BCUT2D eigenvalue weighted by atomic mass is 10.1. The highest BCUT2D eigenvalue weighted by molar-refractivity contribution is 5.72. The molecule has 0 radical (unpaired) electrons. The second-order valence-electron chi connectivity index (χ2n) is 9.11. The average Bonchev–Trinajstić information content (AvgIpc) is 3.13. The fourth-order valence-electron chi connectivity index (χ4n) is 4.54. The van der Waals surface area contributed by atoms with E-state index >= 15 is 0 Å². The molecule has 0 bridgehead atoms. The molecule has 1 amide bonds. The van der Waals surface area contributed by atoms with Crippen molar-refractivity contribution >= 4 is 12.1 Å². The molecule has 0 aromatic rings. The lowest BCUT2D eigenvalue weighted by molar-refractivity contribution is -0.935. The third-order valence-corrected chi connectivity index (χ3v) is 6.64. The molecule has 0 aromatic heterocycles. The van der Waals surface area contributed by atoms with Gasteiger partial charge in [0, 0.05) is 13.3 Å². The van der Waals surface area contributed by atoms with E-state index in [4.69, 9.17) is 4.99 Å². The zero-order valence-corrected chi connectivity index (χ0v) is 20.3. The quantitative estimate of drug-likeness (QED) is 0.146. The van der Waals surface area contributed by atoms with Gasteiger partial charge in [-0.1, -0.05) is 76.9 Å². The molecule has 1 aliphatic heterocycles. The molecule has 1 N–H and O–H groups in total. The molecule has 0 saturated carbocycles. The number of unbranched alkanes of at least 4 members (excludes halogenated alkanes) is 11. The van der Waals surface area contributed by atoms with Crippen LogP contribution in [0.15, 0.2) is 17.1 Å². The van der Waals surface area contributed by atoms with Crippen LogP contribution in [0.2, 0.25) is 0 Å². The summed E-state index contributed by atoms with van der Waals surface area (Å²) >= 11 is 0. The van der Waals surface area contributed by atoms with Crippen LogP contribution in [-0.4, -0.2) is 48.9 Å². The molecule has 174 valence electrons. The Kier molecular flexibility index (Phi) is 15.7. The smallest absolute Gasteiger partial charge is 0.217 e. The van der Waals surface area contributed by atoms with Gasteiger partial charge in [-0.3, -0.25) is 9.28 Å². The summed E-state index contributed by atoms with van der Waals surface area (Å²) in [5.74, 6) is 0.0634. The second-order valence-corrected chi connectivity index (χ2v) is 9.11. The van der Waals surface area contributed by atoms with E-state index < -0.39 is 0 Å². The predicted molar refractivity (Wildman–Crippen MR) is 131 cm³/mol.